The fourth-order valence-electron chi connectivity index (χ4n) is 2.07. The molecule has 2 rings (SSSR count). The number of benzene rings is 2. The van der Waals surface area contributed by atoms with Crippen LogP contribution in [0.4, 0.5) is 5.69 Å². The van der Waals surface area contributed by atoms with E-state index >= 15 is 0 Å². The van der Waals surface area contributed by atoms with Gasteiger partial charge in [-0.2, -0.15) is 5.26 Å². The molecule has 0 amide bonds. The van der Waals surface area contributed by atoms with Crippen LogP contribution in [-0.4, -0.2) is 13.3 Å². The smallest absolute Gasteiger partial charge is 0.103 e. The molecule has 0 N–H and O–H groups in total. The van der Waals surface area contributed by atoms with Gasteiger partial charge < -0.3 is 4.90 Å². The summed E-state index contributed by atoms with van der Waals surface area (Å²) in [5.41, 5.74) is 2.85. The van der Waals surface area contributed by atoms with Crippen LogP contribution in [0.5, 0.6) is 0 Å². The minimum Gasteiger partial charge on any atom is -0.369 e. The van der Waals surface area contributed by atoms with Crippen molar-refractivity contribution in [2.45, 2.75) is 11.4 Å². The number of thioether (sulfide) groups is 1. The van der Waals surface area contributed by atoms with Crippen LogP contribution in [0.3, 0.4) is 0 Å². The molecule has 0 spiro atoms. The first-order chi connectivity index (χ1) is 9.65. The van der Waals surface area contributed by atoms with Crippen LogP contribution in [0.15, 0.2) is 47.4 Å². The average Bonchev–Trinajstić information content (AvgIpc) is 2.48. The van der Waals surface area contributed by atoms with Crippen molar-refractivity contribution in [3.8, 4) is 6.07 Å². The zero-order valence-corrected chi connectivity index (χ0v) is 13.0. The maximum atomic E-state index is 9.37. The summed E-state index contributed by atoms with van der Waals surface area (Å²) in [7, 11) is 1.99. The van der Waals surface area contributed by atoms with E-state index in [9.17, 15) is 5.26 Å². The Morgan fingerprint density at radius 1 is 1.20 bits per heavy atom. The number of rotatable bonds is 4. The molecule has 20 heavy (non-hydrogen) atoms. The van der Waals surface area contributed by atoms with E-state index < -0.39 is 0 Å². The highest BCUT2D eigenvalue weighted by atomic mass is 35.5. The Hall–Kier alpha value is -1.63. The van der Waals surface area contributed by atoms with E-state index in [1.807, 2.05) is 55.8 Å². The first kappa shape index (κ1) is 14.8. The second-order valence-electron chi connectivity index (χ2n) is 4.45. The number of nitrogens with zero attached hydrogens (tertiary/aromatic N) is 2. The molecule has 0 bridgehead atoms. The van der Waals surface area contributed by atoms with Crippen LogP contribution >= 0.6 is 23.4 Å². The quantitative estimate of drug-likeness (QED) is 0.774. The van der Waals surface area contributed by atoms with Gasteiger partial charge in [0.25, 0.3) is 0 Å². The first-order valence-electron chi connectivity index (χ1n) is 6.18. The molecule has 0 atom stereocenters. The zero-order valence-electron chi connectivity index (χ0n) is 11.4. The van der Waals surface area contributed by atoms with Gasteiger partial charge in [-0.05, 0) is 36.1 Å². The molecule has 0 aliphatic rings. The van der Waals surface area contributed by atoms with E-state index in [1.54, 1.807) is 11.8 Å². The third-order valence-electron chi connectivity index (χ3n) is 3.08. The molecule has 0 aromatic heterocycles. The zero-order chi connectivity index (χ0) is 14.5. The summed E-state index contributed by atoms with van der Waals surface area (Å²) in [5, 5.41) is 10.1. The van der Waals surface area contributed by atoms with Crippen LogP contribution in [0.2, 0.25) is 5.02 Å². The molecular formula is C16H15ClN2S. The SMILES string of the molecule is CSc1cccc(N(C)Cc2ccc(Cl)cc2)c1C#N. The molecule has 2 aromatic rings. The molecule has 0 radical (unpaired) electrons. The summed E-state index contributed by atoms with van der Waals surface area (Å²) >= 11 is 7.49. The monoisotopic (exact) mass is 302 g/mol. The summed E-state index contributed by atoms with van der Waals surface area (Å²) in [4.78, 5) is 3.09. The van der Waals surface area contributed by atoms with Crippen molar-refractivity contribution in [1.82, 2.24) is 0 Å². The summed E-state index contributed by atoms with van der Waals surface area (Å²) in [6.45, 7) is 0.740. The molecule has 2 nitrogen and oxygen atoms in total. The van der Waals surface area contributed by atoms with Gasteiger partial charge in [-0.1, -0.05) is 29.8 Å². The molecule has 0 aliphatic carbocycles. The van der Waals surface area contributed by atoms with Crippen LogP contribution < -0.4 is 4.90 Å². The van der Waals surface area contributed by atoms with E-state index in [1.165, 1.54) is 0 Å². The van der Waals surface area contributed by atoms with Gasteiger partial charge in [0.1, 0.15) is 6.07 Å². The predicted octanol–water partition coefficient (Wildman–Crippen LogP) is 4.57. The Kier molecular flexibility index (Phi) is 4.94. The van der Waals surface area contributed by atoms with E-state index in [-0.39, 0.29) is 0 Å². The van der Waals surface area contributed by atoms with Gasteiger partial charge in [0, 0.05) is 23.5 Å². The number of nitriles is 1. The fraction of sp³-hybridized carbons (Fsp3) is 0.188. The Bertz CT molecular complexity index is 632. The first-order valence-corrected chi connectivity index (χ1v) is 7.78. The molecule has 102 valence electrons. The van der Waals surface area contributed by atoms with Crippen molar-refractivity contribution in [3.63, 3.8) is 0 Å². The molecular weight excluding hydrogens is 288 g/mol. The minimum atomic E-state index is 0.733. The molecule has 0 unspecified atom stereocenters. The van der Waals surface area contributed by atoms with Crippen molar-refractivity contribution in [2.75, 3.05) is 18.2 Å². The summed E-state index contributed by atoms with van der Waals surface area (Å²) in [5.74, 6) is 0. The molecule has 0 saturated heterocycles. The highest BCUT2D eigenvalue weighted by Gasteiger charge is 2.11. The third kappa shape index (κ3) is 3.27. The standard InChI is InChI=1S/C16H15ClN2S/c1-19(11-12-6-8-13(17)9-7-12)15-4-3-5-16(20-2)14(15)10-18/h3-9H,11H2,1-2H3. The van der Waals surface area contributed by atoms with Crippen LogP contribution in [0, 0.1) is 11.3 Å². The maximum absolute atomic E-state index is 9.37. The number of hydrogen-bond acceptors (Lipinski definition) is 3. The van der Waals surface area contributed by atoms with Crippen LogP contribution in [0.25, 0.3) is 0 Å². The topological polar surface area (TPSA) is 27.0 Å². The number of halogens is 1. The van der Waals surface area contributed by atoms with E-state index in [0.717, 1.165) is 33.3 Å². The van der Waals surface area contributed by atoms with Crippen molar-refractivity contribution in [3.05, 3.63) is 58.6 Å². The largest absolute Gasteiger partial charge is 0.369 e. The van der Waals surface area contributed by atoms with Gasteiger partial charge in [0.15, 0.2) is 0 Å². The van der Waals surface area contributed by atoms with Gasteiger partial charge in [0.2, 0.25) is 0 Å². The lowest BCUT2D eigenvalue weighted by molar-refractivity contribution is 0.917. The lowest BCUT2D eigenvalue weighted by Gasteiger charge is -2.21. The number of anilines is 1. The van der Waals surface area contributed by atoms with Crippen molar-refractivity contribution >= 4 is 29.1 Å². The molecule has 0 fully saturated rings. The predicted molar refractivity (Wildman–Crippen MR) is 86.5 cm³/mol. The minimum absolute atomic E-state index is 0.733. The van der Waals surface area contributed by atoms with Crippen molar-refractivity contribution in [2.24, 2.45) is 0 Å². The lowest BCUT2D eigenvalue weighted by atomic mass is 10.1. The summed E-state index contributed by atoms with van der Waals surface area (Å²) < 4.78 is 0. The maximum Gasteiger partial charge on any atom is 0.103 e. The lowest BCUT2D eigenvalue weighted by Crippen LogP contribution is -2.17. The highest BCUT2D eigenvalue weighted by molar-refractivity contribution is 7.98. The van der Waals surface area contributed by atoms with Gasteiger partial charge in [-0.3, -0.25) is 0 Å². The molecule has 4 heteroatoms. The second kappa shape index (κ2) is 6.69. The summed E-state index contributed by atoms with van der Waals surface area (Å²) in [6.07, 6.45) is 1.99. The fourth-order valence-corrected chi connectivity index (χ4v) is 2.76. The Morgan fingerprint density at radius 3 is 2.50 bits per heavy atom. The van der Waals surface area contributed by atoms with Crippen molar-refractivity contribution < 1.29 is 0 Å². The second-order valence-corrected chi connectivity index (χ2v) is 5.73. The van der Waals surface area contributed by atoms with Gasteiger partial charge in [-0.15, -0.1) is 11.8 Å². The Morgan fingerprint density at radius 2 is 1.90 bits per heavy atom. The highest BCUT2D eigenvalue weighted by Crippen LogP contribution is 2.29. The Labute approximate surface area is 129 Å². The average molecular weight is 303 g/mol. The number of hydrogen-bond donors (Lipinski definition) is 0. The van der Waals surface area contributed by atoms with E-state index in [4.69, 9.17) is 11.6 Å². The van der Waals surface area contributed by atoms with E-state index in [0.29, 0.717) is 0 Å². The normalized spacial score (nSPS) is 10.1. The molecule has 0 heterocycles. The third-order valence-corrected chi connectivity index (χ3v) is 4.11. The van der Waals surface area contributed by atoms with E-state index in [2.05, 4.69) is 11.0 Å². The molecule has 0 aliphatic heterocycles. The van der Waals surface area contributed by atoms with Gasteiger partial charge in [0.05, 0.1) is 11.3 Å². The van der Waals surface area contributed by atoms with Gasteiger partial charge in [-0.25, -0.2) is 0 Å². The van der Waals surface area contributed by atoms with Gasteiger partial charge >= 0.3 is 0 Å². The van der Waals surface area contributed by atoms with Crippen LogP contribution in [0.1, 0.15) is 11.1 Å². The van der Waals surface area contributed by atoms with Crippen molar-refractivity contribution in [1.29, 1.82) is 5.26 Å². The molecule has 2 aromatic carbocycles. The summed E-state index contributed by atoms with van der Waals surface area (Å²) in [6, 6.07) is 16.0. The molecule has 0 saturated carbocycles. The van der Waals surface area contributed by atoms with Crippen LogP contribution in [-0.2, 0) is 6.54 Å². The Balaban J connectivity index is 2.27.